The molecule has 2 heterocycles. The van der Waals surface area contributed by atoms with Gasteiger partial charge in [-0.3, -0.25) is 9.59 Å². The number of nitrogens with one attached hydrogen (secondary N) is 1. The Labute approximate surface area is 162 Å². The van der Waals surface area contributed by atoms with Gasteiger partial charge in [-0.25, -0.2) is 9.97 Å². The molecule has 0 fully saturated rings. The molecular weight excluding hydrogens is 370 g/mol. The van der Waals surface area contributed by atoms with Gasteiger partial charge in [0.2, 0.25) is 0 Å². The lowest BCUT2D eigenvalue weighted by atomic mass is 10.2. The first-order chi connectivity index (χ1) is 12.3. The molecule has 0 aliphatic carbocycles. The zero-order chi connectivity index (χ0) is 19.3. The van der Waals surface area contributed by atoms with Crippen molar-refractivity contribution >= 4 is 45.2 Å². The maximum atomic E-state index is 12.0. The van der Waals surface area contributed by atoms with Crippen LogP contribution in [-0.2, 0) is 14.3 Å². The number of thioether (sulfide) groups is 1. The van der Waals surface area contributed by atoms with Gasteiger partial charge in [-0.15, -0.1) is 11.3 Å². The number of aryl methyl sites for hydroxylation is 3. The lowest BCUT2D eigenvalue weighted by Gasteiger charge is -2.14. The Balaban J connectivity index is 1.94. The second kappa shape index (κ2) is 9.32. The average Bonchev–Trinajstić information content (AvgIpc) is 2.89. The summed E-state index contributed by atoms with van der Waals surface area (Å²) in [6.07, 6.45) is 1.71. The highest BCUT2D eigenvalue weighted by Gasteiger charge is 2.16. The van der Waals surface area contributed by atoms with Crippen LogP contribution in [0.4, 0.5) is 0 Å². The zero-order valence-corrected chi connectivity index (χ0v) is 17.5. The van der Waals surface area contributed by atoms with Crippen molar-refractivity contribution in [1.82, 2.24) is 15.3 Å². The van der Waals surface area contributed by atoms with E-state index in [1.54, 1.807) is 11.3 Å². The van der Waals surface area contributed by atoms with Crippen molar-refractivity contribution in [3.8, 4) is 0 Å². The van der Waals surface area contributed by atoms with Crippen LogP contribution in [-0.4, -0.2) is 40.2 Å². The molecule has 26 heavy (non-hydrogen) atoms. The van der Waals surface area contributed by atoms with Gasteiger partial charge in [0.15, 0.2) is 6.61 Å². The van der Waals surface area contributed by atoms with Crippen molar-refractivity contribution in [2.45, 2.75) is 58.5 Å². The maximum Gasteiger partial charge on any atom is 0.316 e. The molecule has 0 aliphatic rings. The van der Waals surface area contributed by atoms with Crippen LogP contribution < -0.4 is 5.32 Å². The van der Waals surface area contributed by atoms with Crippen LogP contribution in [0.15, 0.2) is 5.03 Å². The first-order valence-corrected chi connectivity index (χ1v) is 10.5. The number of ether oxygens (including phenoxy) is 1. The number of thiophene rings is 1. The van der Waals surface area contributed by atoms with Gasteiger partial charge in [-0.05, 0) is 39.2 Å². The number of amides is 1. The first kappa shape index (κ1) is 20.6. The number of esters is 1. The van der Waals surface area contributed by atoms with E-state index in [2.05, 4.69) is 22.2 Å². The topological polar surface area (TPSA) is 81.2 Å². The molecule has 0 atom stereocenters. The average molecular weight is 396 g/mol. The van der Waals surface area contributed by atoms with Gasteiger partial charge >= 0.3 is 5.97 Å². The zero-order valence-electron chi connectivity index (χ0n) is 15.8. The van der Waals surface area contributed by atoms with Crippen LogP contribution in [0.5, 0.6) is 0 Å². The number of nitrogens with zero attached hydrogens (tertiary/aromatic N) is 2. The molecule has 6 nitrogen and oxygen atoms in total. The summed E-state index contributed by atoms with van der Waals surface area (Å²) in [6, 6.07) is 0.123. The van der Waals surface area contributed by atoms with Crippen molar-refractivity contribution in [2.75, 3.05) is 12.4 Å². The molecule has 2 aromatic heterocycles. The molecule has 0 aromatic carbocycles. The van der Waals surface area contributed by atoms with Crippen LogP contribution in [0, 0.1) is 20.8 Å². The molecule has 0 saturated carbocycles. The highest BCUT2D eigenvalue weighted by atomic mass is 32.2. The highest BCUT2D eigenvalue weighted by Crippen LogP contribution is 2.35. The Kier molecular flexibility index (Phi) is 7.40. The van der Waals surface area contributed by atoms with Crippen LogP contribution in [0.2, 0.25) is 0 Å². The molecule has 0 saturated heterocycles. The Morgan fingerprint density at radius 3 is 2.54 bits per heavy atom. The number of hydrogen-bond donors (Lipinski definition) is 1. The standard InChI is InChI=1S/C18H25N3O3S2/c1-6-13(7-2)21-14(22)8-24-15(23)9-25-17-16-10(3)11(4)26-18(16)20-12(5)19-17/h13H,6-9H2,1-5H3,(H,21,22). The minimum absolute atomic E-state index is 0.109. The largest absolute Gasteiger partial charge is 0.455 e. The fraction of sp³-hybridized carbons (Fsp3) is 0.556. The summed E-state index contributed by atoms with van der Waals surface area (Å²) in [5.41, 5.74) is 1.14. The van der Waals surface area contributed by atoms with E-state index in [4.69, 9.17) is 4.74 Å². The van der Waals surface area contributed by atoms with Gasteiger partial charge < -0.3 is 10.1 Å². The molecule has 2 aromatic rings. The second-order valence-corrected chi connectivity index (χ2v) is 8.24. The minimum atomic E-state index is -0.427. The SMILES string of the molecule is CCC(CC)NC(=O)COC(=O)CSc1nc(C)nc2sc(C)c(C)c12. The number of carbonyl (C=O) groups is 2. The Morgan fingerprint density at radius 2 is 1.88 bits per heavy atom. The van der Waals surface area contributed by atoms with E-state index in [0.717, 1.165) is 33.6 Å². The third-order valence-electron chi connectivity index (χ3n) is 4.15. The van der Waals surface area contributed by atoms with Gasteiger partial charge in [-0.1, -0.05) is 25.6 Å². The summed E-state index contributed by atoms with van der Waals surface area (Å²) < 4.78 is 5.08. The number of aromatic nitrogens is 2. The van der Waals surface area contributed by atoms with Crippen LogP contribution in [0.1, 0.15) is 43.0 Å². The molecule has 0 aliphatic heterocycles. The van der Waals surface area contributed by atoms with Crippen LogP contribution >= 0.6 is 23.1 Å². The fourth-order valence-electron chi connectivity index (χ4n) is 2.50. The smallest absolute Gasteiger partial charge is 0.316 e. The molecule has 2 rings (SSSR count). The molecule has 1 N–H and O–H groups in total. The van der Waals surface area contributed by atoms with Gasteiger partial charge in [0.1, 0.15) is 15.7 Å². The second-order valence-electron chi connectivity index (χ2n) is 6.07. The first-order valence-electron chi connectivity index (χ1n) is 8.67. The van der Waals surface area contributed by atoms with E-state index < -0.39 is 5.97 Å². The number of rotatable bonds is 8. The molecule has 0 radical (unpaired) electrons. The van der Waals surface area contributed by atoms with Crippen LogP contribution in [0.25, 0.3) is 10.2 Å². The quantitative estimate of drug-likeness (QED) is 0.418. The summed E-state index contributed by atoms with van der Waals surface area (Å²) in [6.45, 7) is 9.71. The Hall–Kier alpha value is -1.67. The van der Waals surface area contributed by atoms with Crippen molar-refractivity contribution in [3.05, 3.63) is 16.3 Å². The third-order valence-corrected chi connectivity index (χ3v) is 6.20. The van der Waals surface area contributed by atoms with Gasteiger partial charge in [0.05, 0.1) is 5.75 Å². The number of fused-ring (bicyclic) bond motifs is 1. The minimum Gasteiger partial charge on any atom is -0.455 e. The molecular formula is C18H25N3O3S2. The monoisotopic (exact) mass is 395 g/mol. The predicted octanol–water partition coefficient (Wildman–Crippen LogP) is 3.56. The third kappa shape index (κ3) is 5.17. The summed E-state index contributed by atoms with van der Waals surface area (Å²) in [7, 11) is 0. The van der Waals surface area contributed by atoms with Crippen LogP contribution in [0.3, 0.4) is 0 Å². The lowest BCUT2D eigenvalue weighted by Crippen LogP contribution is -2.37. The van der Waals surface area contributed by atoms with Gasteiger partial charge in [0, 0.05) is 16.3 Å². The summed E-state index contributed by atoms with van der Waals surface area (Å²) in [4.78, 5) is 34.9. The summed E-state index contributed by atoms with van der Waals surface area (Å²) in [5, 5.41) is 4.63. The predicted molar refractivity (Wildman–Crippen MR) is 106 cm³/mol. The van der Waals surface area contributed by atoms with Crippen molar-refractivity contribution in [3.63, 3.8) is 0 Å². The molecule has 8 heteroatoms. The van der Waals surface area contributed by atoms with E-state index in [1.165, 1.54) is 16.6 Å². The van der Waals surface area contributed by atoms with E-state index in [0.29, 0.717) is 5.82 Å². The highest BCUT2D eigenvalue weighted by molar-refractivity contribution is 8.00. The van der Waals surface area contributed by atoms with E-state index in [1.807, 2.05) is 27.7 Å². The van der Waals surface area contributed by atoms with E-state index >= 15 is 0 Å². The van der Waals surface area contributed by atoms with Crippen molar-refractivity contribution < 1.29 is 14.3 Å². The maximum absolute atomic E-state index is 12.0. The Morgan fingerprint density at radius 1 is 1.19 bits per heavy atom. The number of hydrogen-bond acceptors (Lipinski definition) is 7. The molecule has 0 bridgehead atoms. The normalized spacial score (nSPS) is 11.2. The number of carbonyl (C=O) groups excluding carboxylic acids is 2. The molecule has 142 valence electrons. The van der Waals surface area contributed by atoms with Crippen molar-refractivity contribution in [2.24, 2.45) is 0 Å². The fourth-order valence-corrected chi connectivity index (χ4v) is 4.56. The molecule has 0 unspecified atom stereocenters. The van der Waals surface area contributed by atoms with E-state index in [9.17, 15) is 9.59 Å². The molecule has 1 amide bonds. The molecule has 0 spiro atoms. The Bertz CT molecular complexity index is 801. The summed E-state index contributed by atoms with van der Waals surface area (Å²) >= 11 is 2.96. The van der Waals surface area contributed by atoms with Crippen molar-refractivity contribution in [1.29, 1.82) is 0 Å². The van der Waals surface area contributed by atoms with Gasteiger partial charge in [0.25, 0.3) is 5.91 Å². The lowest BCUT2D eigenvalue weighted by molar-refractivity contribution is -0.146. The van der Waals surface area contributed by atoms with Gasteiger partial charge in [-0.2, -0.15) is 0 Å². The van der Waals surface area contributed by atoms with E-state index in [-0.39, 0.29) is 24.3 Å². The summed E-state index contributed by atoms with van der Waals surface area (Å²) in [5.74, 6) is 0.0996.